The molecule has 20 heavy (non-hydrogen) atoms. The molecule has 1 fully saturated rings. The minimum atomic E-state index is -2.87. The first-order chi connectivity index (χ1) is 9.49. The van der Waals surface area contributed by atoms with E-state index in [2.05, 4.69) is 29.6 Å². The Balaban J connectivity index is 2.03. The number of nitrogens with one attached hydrogen (secondary N) is 1. The van der Waals surface area contributed by atoms with Gasteiger partial charge in [0.15, 0.2) is 0 Å². The monoisotopic (exact) mass is 295 g/mol. The zero-order valence-corrected chi connectivity index (χ0v) is 13.2. The molecule has 0 spiro atoms. The molecule has 3 nitrogen and oxygen atoms in total. The molecule has 0 heterocycles. The van der Waals surface area contributed by atoms with Crippen LogP contribution in [0.5, 0.6) is 0 Å². The summed E-state index contributed by atoms with van der Waals surface area (Å²) < 4.78 is 22.8. The maximum atomic E-state index is 11.4. The van der Waals surface area contributed by atoms with Crippen molar-refractivity contribution in [3.05, 3.63) is 35.9 Å². The van der Waals surface area contributed by atoms with Crippen LogP contribution in [0.15, 0.2) is 30.3 Å². The van der Waals surface area contributed by atoms with Crippen LogP contribution in [0.2, 0.25) is 0 Å². The van der Waals surface area contributed by atoms with Crippen molar-refractivity contribution in [1.29, 1.82) is 0 Å². The zero-order chi connectivity index (χ0) is 14.6. The first-order valence-corrected chi connectivity index (χ1v) is 9.45. The number of sulfone groups is 1. The summed E-state index contributed by atoms with van der Waals surface area (Å²) in [6.45, 7) is 0. The number of rotatable bonds is 5. The molecule has 1 aromatic rings. The van der Waals surface area contributed by atoms with E-state index in [1.54, 1.807) is 0 Å². The van der Waals surface area contributed by atoms with Gasteiger partial charge in [-0.25, -0.2) is 8.42 Å². The molecular formula is C16H25NO2S. The Hall–Kier alpha value is -0.870. The van der Waals surface area contributed by atoms with Gasteiger partial charge in [0, 0.05) is 12.3 Å². The van der Waals surface area contributed by atoms with E-state index in [9.17, 15) is 8.42 Å². The van der Waals surface area contributed by atoms with Crippen LogP contribution < -0.4 is 5.32 Å². The predicted octanol–water partition coefficient (Wildman–Crippen LogP) is 2.59. The van der Waals surface area contributed by atoms with E-state index < -0.39 is 9.84 Å². The Morgan fingerprint density at radius 3 is 2.50 bits per heavy atom. The van der Waals surface area contributed by atoms with Gasteiger partial charge in [0.1, 0.15) is 9.84 Å². The van der Waals surface area contributed by atoms with Crippen molar-refractivity contribution < 1.29 is 8.42 Å². The number of benzene rings is 1. The average molecular weight is 295 g/mol. The lowest BCUT2D eigenvalue weighted by atomic mass is 9.74. The van der Waals surface area contributed by atoms with Gasteiger partial charge in [-0.1, -0.05) is 30.3 Å². The van der Waals surface area contributed by atoms with Gasteiger partial charge in [0.05, 0.1) is 5.75 Å². The molecule has 1 aliphatic rings. The third kappa shape index (κ3) is 4.32. The first kappa shape index (κ1) is 15.5. The molecule has 2 rings (SSSR count). The fraction of sp³-hybridized carbons (Fsp3) is 0.625. The highest BCUT2D eigenvalue weighted by Crippen LogP contribution is 2.37. The maximum absolute atomic E-state index is 11.4. The summed E-state index contributed by atoms with van der Waals surface area (Å²) in [7, 11) is -0.878. The van der Waals surface area contributed by atoms with E-state index in [1.165, 1.54) is 18.2 Å². The Kier molecular flexibility index (Phi) is 5.22. The Bertz CT molecular complexity index is 513. The topological polar surface area (TPSA) is 46.2 Å². The van der Waals surface area contributed by atoms with E-state index in [1.807, 2.05) is 13.1 Å². The Morgan fingerprint density at radius 1 is 1.20 bits per heavy atom. The van der Waals surface area contributed by atoms with Gasteiger partial charge in [-0.05, 0) is 50.1 Å². The second-order valence-electron chi connectivity index (χ2n) is 5.99. The molecule has 4 heteroatoms. The normalized spacial score (nSPS) is 27.4. The predicted molar refractivity (Wildman–Crippen MR) is 83.7 cm³/mol. The van der Waals surface area contributed by atoms with E-state index >= 15 is 0 Å². The van der Waals surface area contributed by atoms with Crippen molar-refractivity contribution in [3.8, 4) is 0 Å². The third-order valence-electron chi connectivity index (χ3n) is 4.48. The fourth-order valence-electron chi connectivity index (χ4n) is 3.36. The van der Waals surface area contributed by atoms with Crippen LogP contribution in [0.4, 0.5) is 0 Å². The summed E-state index contributed by atoms with van der Waals surface area (Å²) in [6.07, 6.45) is 5.51. The molecule has 0 saturated heterocycles. The van der Waals surface area contributed by atoms with Crippen LogP contribution >= 0.6 is 0 Å². The van der Waals surface area contributed by atoms with Crippen molar-refractivity contribution >= 4 is 9.84 Å². The highest BCUT2D eigenvalue weighted by molar-refractivity contribution is 7.90. The molecule has 0 bridgehead atoms. The Morgan fingerprint density at radius 2 is 1.90 bits per heavy atom. The zero-order valence-electron chi connectivity index (χ0n) is 12.4. The van der Waals surface area contributed by atoms with E-state index in [0.717, 1.165) is 19.3 Å². The number of hydrogen-bond acceptors (Lipinski definition) is 3. The van der Waals surface area contributed by atoms with Crippen LogP contribution in [0.3, 0.4) is 0 Å². The summed E-state index contributed by atoms with van der Waals surface area (Å²) >= 11 is 0. The lowest BCUT2D eigenvalue weighted by molar-refractivity contribution is 0.244. The number of hydrogen-bond donors (Lipinski definition) is 1. The average Bonchev–Trinajstić information content (AvgIpc) is 2.45. The molecule has 3 unspecified atom stereocenters. The van der Waals surface area contributed by atoms with Gasteiger partial charge in [-0.3, -0.25) is 0 Å². The second-order valence-corrected chi connectivity index (χ2v) is 8.25. The van der Waals surface area contributed by atoms with Gasteiger partial charge in [-0.2, -0.15) is 0 Å². The van der Waals surface area contributed by atoms with E-state index in [0.29, 0.717) is 23.6 Å². The van der Waals surface area contributed by atoms with Crippen LogP contribution in [0.1, 0.15) is 37.2 Å². The SMILES string of the molecule is CNC1CCC(c2ccccc2)CC1CCS(C)(=O)=O. The molecule has 1 N–H and O–H groups in total. The molecule has 0 aromatic heterocycles. The largest absolute Gasteiger partial charge is 0.317 e. The van der Waals surface area contributed by atoms with Gasteiger partial charge in [0.25, 0.3) is 0 Å². The lowest BCUT2D eigenvalue weighted by Crippen LogP contribution is -2.39. The van der Waals surface area contributed by atoms with Gasteiger partial charge in [-0.15, -0.1) is 0 Å². The van der Waals surface area contributed by atoms with Crippen molar-refractivity contribution in [2.24, 2.45) is 5.92 Å². The standard InChI is InChI=1S/C16H25NO2S/c1-17-16-9-8-14(13-6-4-3-5-7-13)12-15(16)10-11-20(2,18)19/h3-7,14-17H,8-12H2,1-2H3. The minimum absolute atomic E-state index is 0.303. The quantitative estimate of drug-likeness (QED) is 0.908. The lowest BCUT2D eigenvalue weighted by Gasteiger charge is -2.36. The molecule has 0 radical (unpaired) electrons. The van der Waals surface area contributed by atoms with Crippen LogP contribution in [-0.4, -0.2) is 33.5 Å². The Labute approximate surface area is 122 Å². The molecule has 1 saturated carbocycles. The molecule has 112 valence electrons. The third-order valence-corrected chi connectivity index (χ3v) is 5.46. The minimum Gasteiger partial charge on any atom is -0.317 e. The highest BCUT2D eigenvalue weighted by Gasteiger charge is 2.30. The molecule has 0 amide bonds. The first-order valence-electron chi connectivity index (χ1n) is 7.39. The molecule has 0 aliphatic heterocycles. The highest BCUT2D eigenvalue weighted by atomic mass is 32.2. The molecule has 3 atom stereocenters. The van der Waals surface area contributed by atoms with Gasteiger partial charge >= 0.3 is 0 Å². The van der Waals surface area contributed by atoms with Crippen molar-refractivity contribution in [1.82, 2.24) is 5.32 Å². The summed E-state index contributed by atoms with van der Waals surface area (Å²) in [5.74, 6) is 1.33. The fourth-order valence-corrected chi connectivity index (χ4v) is 4.09. The van der Waals surface area contributed by atoms with Crippen molar-refractivity contribution in [2.75, 3.05) is 19.1 Å². The maximum Gasteiger partial charge on any atom is 0.147 e. The molecular weight excluding hydrogens is 270 g/mol. The summed E-state index contributed by atoms with van der Waals surface area (Å²) in [6, 6.07) is 11.1. The molecule has 1 aliphatic carbocycles. The van der Waals surface area contributed by atoms with Crippen LogP contribution in [0, 0.1) is 5.92 Å². The van der Waals surface area contributed by atoms with E-state index in [4.69, 9.17) is 0 Å². The van der Waals surface area contributed by atoms with Crippen LogP contribution in [-0.2, 0) is 9.84 Å². The van der Waals surface area contributed by atoms with Gasteiger partial charge in [0.2, 0.25) is 0 Å². The van der Waals surface area contributed by atoms with Crippen molar-refractivity contribution in [2.45, 2.75) is 37.6 Å². The smallest absolute Gasteiger partial charge is 0.147 e. The summed E-state index contributed by atoms with van der Waals surface area (Å²) in [5, 5.41) is 3.37. The van der Waals surface area contributed by atoms with Crippen molar-refractivity contribution in [3.63, 3.8) is 0 Å². The van der Waals surface area contributed by atoms with Crippen LogP contribution in [0.25, 0.3) is 0 Å². The summed E-state index contributed by atoms with van der Waals surface area (Å²) in [4.78, 5) is 0. The van der Waals surface area contributed by atoms with Gasteiger partial charge < -0.3 is 5.32 Å². The van der Waals surface area contributed by atoms with E-state index in [-0.39, 0.29) is 0 Å². The molecule has 1 aromatic carbocycles. The summed E-state index contributed by atoms with van der Waals surface area (Å²) in [5.41, 5.74) is 1.39. The second kappa shape index (κ2) is 6.72.